The molecule has 1 aromatic rings. The number of carbonyl (C=O) groups excluding carboxylic acids is 1. The van der Waals surface area contributed by atoms with Crippen LogP contribution in [0, 0.1) is 0 Å². The number of anilines is 1. The molecular formula is C16H29N5O. The molecule has 22 heavy (non-hydrogen) atoms. The minimum absolute atomic E-state index is 0.0559. The fraction of sp³-hybridized carbons (Fsp3) is 0.750. The summed E-state index contributed by atoms with van der Waals surface area (Å²) in [6.45, 7) is 4.60. The molecule has 6 nitrogen and oxygen atoms in total. The maximum absolute atomic E-state index is 12.4. The second-order valence-electron chi connectivity index (χ2n) is 6.35. The van der Waals surface area contributed by atoms with Crippen LogP contribution in [0.5, 0.6) is 0 Å². The highest BCUT2D eigenvalue weighted by atomic mass is 16.2. The van der Waals surface area contributed by atoms with E-state index in [1.807, 2.05) is 43.7 Å². The lowest BCUT2D eigenvalue weighted by Crippen LogP contribution is -2.45. The Labute approximate surface area is 133 Å². The van der Waals surface area contributed by atoms with Crippen LogP contribution in [0.4, 0.5) is 5.95 Å². The van der Waals surface area contributed by atoms with E-state index in [0.29, 0.717) is 6.54 Å². The smallest absolute Gasteiger partial charge is 0.237 e. The van der Waals surface area contributed by atoms with E-state index in [4.69, 9.17) is 0 Å². The molecule has 1 fully saturated rings. The Morgan fingerprint density at radius 2 is 1.95 bits per heavy atom. The molecule has 1 aliphatic rings. The van der Waals surface area contributed by atoms with Gasteiger partial charge in [-0.1, -0.05) is 12.8 Å². The lowest BCUT2D eigenvalue weighted by molar-refractivity contribution is -0.126. The van der Waals surface area contributed by atoms with Crippen molar-refractivity contribution in [2.24, 2.45) is 7.05 Å². The fourth-order valence-corrected chi connectivity index (χ4v) is 2.99. The van der Waals surface area contributed by atoms with Gasteiger partial charge in [-0.3, -0.25) is 9.69 Å². The van der Waals surface area contributed by atoms with E-state index < -0.39 is 0 Å². The number of imidazole rings is 1. The van der Waals surface area contributed by atoms with Crippen molar-refractivity contribution in [1.29, 1.82) is 0 Å². The highest BCUT2D eigenvalue weighted by molar-refractivity contribution is 5.81. The van der Waals surface area contributed by atoms with Gasteiger partial charge >= 0.3 is 0 Å². The third-order valence-corrected chi connectivity index (χ3v) is 4.47. The summed E-state index contributed by atoms with van der Waals surface area (Å²) < 4.78 is 2.01. The minimum Gasteiger partial charge on any atom is -0.349 e. The molecule has 124 valence electrons. The molecule has 1 aromatic heterocycles. The van der Waals surface area contributed by atoms with Crippen LogP contribution < -0.4 is 10.2 Å². The number of nitrogens with one attached hydrogen (secondary N) is 1. The number of hydrogen-bond acceptors (Lipinski definition) is 4. The summed E-state index contributed by atoms with van der Waals surface area (Å²) in [7, 11) is 5.90. The topological polar surface area (TPSA) is 53.4 Å². The van der Waals surface area contributed by atoms with Gasteiger partial charge in [0.25, 0.3) is 0 Å². The van der Waals surface area contributed by atoms with Crippen LogP contribution >= 0.6 is 0 Å². The molecule has 6 heteroatoms. The minimum atomic E-state index is -0.0559. The summed E-state index contributed by atoms with van der Waals surface area (Å²) in [6.07, 6.45) is 6.80. The summed E-state index contributed by atoms with van der Waals surface area (Å²) in [6, 6.07) is -0.0559. The largest absolute Gasteiger partial charge is 0.349 e. The monoisotopic (exact) mass is 307 g/mol. The lowest BCUT2D eigenvalue weighted by atomic mass is 10.2. The summed E-state index contributed by atoms with van der Waals surface area (Å²) in [5.41, 5.74) is 1.01. The van der Waals surface area contributed by atoms with Gasteiger partial charge in [0.2, 0.25) is 11.9 Å². The highest BCUT2D eigenvalue weighted by Gasteiger charge is 2.22. The Kier molecular flexibility index (Phi) is 5.83. The van der Waals surface area contributed by atoms with Crippen LogP contribution in [-0.4, -0.2) is 53.6 Å². The molecule has 2 heterocycles. The third kappa shape index (κ3) is 4.00. The Hall–Kier alpha value is -1.56. The molecule has 1 amide bonds. The van der Waals surface area contributed by atoms with Crippen molar-refractivity contribution in [1.82, 2.24) is 19.8 Å². The normalized spacial score (nSPS) is 17.8. The molecule has 1 unspecified atom stereocenters. The highest BCUT2D eigenvalue weighted by Crippen LogP contribution is 2.13. The molecule has 0 spiro atoms. The Bertz CT molecular complexity index is 489. The summed E-state index contributed by atoms with van der Waals surface area (Å²) in [5.74, 6) is 0.999. The summed E-state index contributed by atoms with van der Waals surface area (Å²) in [5, 5.41) is 3.05. The van der Waals surface area contributed by atoms with Gasteiger partial charge in [0.15, 0.2) is 0 Å². The Morgan fingerprint density at radius 1 is 1.32 bits per heavy atom. The third-order valence-electron chi connectivity index (χ3n) is 4.47. The number of nitrogens with zero attached hydrogens (tertiary/aromatic N) is 4. The first-order valence-corrected chi connectivity index (χ1v) is 8.20. The Balaban J connectivity index is 1.89. The van der Waals surface area contributed by atoms with E-state index in [9.17, 15) is 4.79 Å². The number of amides is 1. The quantitative estimate of drug-likeness (QED) is 0.892. The van der Waals surface area contributed by atoms with Crippen LogP contribution in [0.25, 0.3) is 0 Å². The number of aromatic nitrogens is 2. The van der Waals surface area contributed by atoms with Crippen LogP contribution in [0.1, 0.15) is 38.3 Å². The number of likely N-dealkylation sites (tertiary alicyclic amines) is 1. The molecule has 0 bridgehead atoms. The summed E-state index contributed by atoms with van der Waals surface area (Å²) >= 11 is 0. The second kappa shape index (κ2) is 7.63. The SMILES string of the molecule is CC(C(=O)NCc1cnc(N(C)C)n1C)N1CCCCCC1. The van der Waals surface area contributed by atoms with Crippen molar-refractivity contribution in [3.8, 4) is 0 Å². The average Bonchev–Trinajstić information content (AvgIpc) is 2.70. The van der Waals surface area contributed by atoms with Gasteiger partial charge in [0.1, 0.15) is 0 Å². The van der Waals surface area contributed by atoms with Crippen molar-refractivity contribution in [2.75, 3.05) is 32.1 Å². The molecule has 1 aliphatic heterocycles. The molecular weight excluding hydrogens is 278 g/mol. The van der Waals surface area contributed by atoms with Crippen molar-refractivity contribution in [3.05, 3.63) is 11.9 Å². The zero-order valence-electron chi connectivity index (χ0n) is 14.3. The maximum atomic E-state index is 12.4. The van der Waals surface area contributed by atoms with Gasteiger partial charge in [-0.25, -0.2) is 4.98 Å². The van der Waals surface area contributed by atoms with Gasteiger partial charge in [0, 0.05) is 21.1 Å². The molecule has 0 aromatic carbocycles. The van der Waals surface area contributed by atoms with Gasteiger partial charge in [0.05, 0.1) is 24.5 Å². The zero-order valence-corrected chi connectivity index (χ0v) is 14.3. The molecule has 0 saturated carbocycles. The van der Waals surface area contributed by atoms with Crippen molar-refractivity contribution in [3.63, 3.8) is 0 Å². The van der Waals surface area contributed by atoms with Gasteiger partial charge < -0.3 is 14.8 Å². The Morgan fingerprint density at radius 3 is 2.50 bits per heavy atom. The predicted octanol–water partition coefficient (Wildman–Crippen LogP) is 1.37. The molecule has 1 N–H and O–H groups in total. The van der Waals surface area contributed by atoms with Crippen LogP contribution in [0.3, 0.4) is 0 Å². The van der Waals surface area contributed by atoms with Crippen molar-refractivity contribution < 1.29 is 4.79 Å². The first kappa shape index (κ1) is 16.8. The molecule has 1 atom stereocenters. The number of hydrogen-bond donors (Lipinski definition) is 1. The van der Waals surface area contributed by atoms with E-state index in [1.54, 1.807) is 0 Å². The molecule has 0 radical (unpaired) electrons. The van der Waals surface area contributed by atoms with Gasteiger partial charge in [-0.15, -0.1) is 0 Å². The number of rotatable bonds is 5. The first-order valence-electron chi connectivity index (χ1n) is 8.20. The van der Waals surface area contributed by atoms with Crippen LogP contribution in [0.2, 0.25) is 0 Å². The molecule has 2 rings (SSSR count). The van der Waals surface area contributed by atoms with Crippen molar-refractivity contribution >= 4 is 11.9 Å². The fourth-order valence-electron chi connectivity index (χ4n) is 2.99. The van der Waals surface area contributed by atoms with Crippen molar-refractivity contribution in [2.45, 2.75) is 45.2 Å². The standard InChI is InChI=1S/C16H29N5O/c1-13(21-9-7-5-6-8-10-21)15(22)17-11-14-12-18-16(19(2)3)20(14)4/h12-13H,5-11H2,1-4H3,(H,17,22). The summed E-state index contributed by atoms with van der Waals surface area (Å²) in [4.78, 5) is 21.0. The van der Waals surface area contributed by atoms with Gasteiger partial charge in [-0.2, -0.15) is 0 Å². The average molecular weight is 307 g/mol. The number of carbonyl (C=O) groups is 1. The maximum Gasteiger partial charge on any atom is 0.237 e. The van der Waals surface area contributed by atoms with E-state index in [-0.39, 0.29) is 11.9 Å². The zero-order chi connectivity index (χ0) is 16.1. The van der Waals surface area contributed by atoms with Crippen LogP contribution in [0.15, 0.2) is 6.20 Å². The van der Waals surface area contributed by atoms with Gasteiger partial charge in [-0.05, 0) is 32.9 Å². The lowest BCUT2D eigenvalue weighted by Gasteiger charge is -2.26. The second-order valence-corrected chi connectivity index (χ2v) is 6.35. The van der Waals surface area contributed by atoms with E-state index in [2.05, 4.69) is 15.2 Å². The molecule has 0 aliphatic carbocycles. The predicted molar refractivity (Wildman–Crippen MR) is 88.9 cm³/mol. The molecule has 1 saturated heterocycles. The first-order chi connectivity index (χ1) is 10.5. The van der Waals surface area contributed by atoms with Crippen LogP contribution in [-0.2, 0) is 18.4 Å². The van der Waals surface area contributed by atoms with E-state index in [0.717, 1.165) is 24.7 Å². The van der Waals surface area contributed by atoms with E-state index in [1.165, 1.54) is 25.7 Å². The van der Waals surface area contributed by atoms with E-state index >= 15 is 0 Å².